The number of nitrogens with one attached hydrogen (secondary N) is 1. The first-order valence-electron chi connectivity index (χ1n) is 16.2. The number of methoxy groups -OCH3 is 2. The Balaban J connectivity index is 1.32. The van der Waals surface area contributed by atoms with Gasteiger partial charge in [0, 0.05) is 49.0 Å². The molecule has 3 heterocycles. The Morgan fingerprint density at radius 3 is 2.24 bits per heavy atom. The van der Waals surface area contributed by atoms with Crippen LogP contribution in [-0.2, 0) is 11.3 Å². The number of aryl methyl sites for hydroxylation is 1. The molecule has 5 aromatic rings. The molecular formula is C39H38N4O7. The number of pyridine rings is 2. The van der Waals surface area contributed by atoms with Crippen LogP contribution >= 0.6 is 0 Å². The second-order valence-corrected chi connectivity index (χ2v) is 12.2. The highest BCUT2D eigenvalue weighted by molar-refractivity contribution is 6.06. The molecule has 1 amide bonds. The zero-order chi connectivity index (χ0) is 35.4. The molecule has 0 atom stereocenters. The number of anilines is 2. The first-order valence-corrected chi connectivity index (χ1v) is 16.2. The number of amides is 1. The Kier molecular flexibility index (Phi) is 9.96. The zero-order valence-corrected chi connectivity index (χ0v) is 28.1. The zero-order valence-electron chi connectivity index (χ0n) is 28.1. The first kappa shape index (κ1) is 33.9. The molecule has 1 aliphatic rings. The van der Waals surface area contributed by atoms with Crippen molar-refractivity contribution in [1.29, 1.82) is 0 Å². The van der Waals surface area contributed by atoms with Crippen molar-refractivity contribution in [3.8, 4) is 44.9 Å². The number of aromatic carboxylic acids is 1. The van der Waals surface area contributed by atoms with Crippen LogP contribution in [0.5, 0.6) is 11.5 Å². The molecule has 11 heteroatoms. The number of rotatable bonds is 10. The minimum Gasteiger partial charge on any atom is -0.493 e. The second-order valence-electron chi connectivity index (χ2n) is 12.2. The number of nitrogens with zero attached hydrogens (tertiary/aromatic N) is 2. The molecule has 50 heavy (non-hydrogen) atoms. The Morgan fingerprint density at radius 2 is 1.58 bits per heavy atom. The van der Waals surface area contributed by atoms with E-state index in [0.717, 1.165) is 35.1 Å². The molecule has 0 unspecified atom stereocenters. The molecule has 0 spiro atoms. The molecule has 1 fully saturated rings. The quantitative estimate of drug-likeness (QED) is 0.150. The van der Waals surface area contributed by atoms with E-state index in [2.05, 4.69) is 10.3 Å². The number of carbonyl (C=O) groups is 2. The Morgan fingerprint density at radius 1 is 0.920 bits per heavy atom. The van der Waals surface area contributed by atoms with E-state index in [1.807, 2.05) is 43.3 Å². The van der Waals surface area contributed by atoms with E-state index in [9.17, 15) is 19.5 Å². The van der Waals surface area contributed by atoms with Crippen molar-refractivity contribution in [3.05, 3.63) is 112 Å². The number of aromatic nitrogens is 2. The van der Waals surface area contributed by atoms with Gasteiger partial charge in [-0.3, -0.25) is 9.59 Å². The lowest BCUT2D eigenvalue weighted by Gasteiger charge is -2.25. The summed E-state index contributed by atoms with van der Waals surface area (Å²) < 4.78 is 17.8. The van der Waals surface area contributed by atoms with Crippen molar-refractivity contribution in [1.82, 2.24) is 9.55 Å². The summed E-state index contributed by atoms with van der Waals surface area (Å²) in [6.45, 7) is 3.38. The molecule has 256 valence electrons. The maximum Gasteiger partial charge on any atom is 0.353 e. The first-order chi connectivity index (χ1) is 24.2. The van der Waals surface area contributed by atoms with Crippen molar-refractivity contribution in [2.75, 3.05) is 38.5 Å². The normalized spacial score (nSPS) is 13.1. The summed E-state index contributed by atoms with van der Waals surface area (Å²) in [5.74, 6) is -0.229. The van der Waals surface area contributed by atoms with Gasteiger partial charge in [0.15, 0.2) is 11.5 Å². The molecular weight excluding hydrogens is 636 g/mol. The van der Waals surface area contributed by atoms with E-state index in [0.29, 0.717) is 53.9 Å². The van der Waals surface area contributed by atoms with Crippen LogP contribution in [0, 0.1) is 12.8 Å². The average Bonchev–Trinajstić information content (AvgIpc) is 3.13. The minimum atomic E-state index is -1.24. The highest BCUT2D eigenvalue weighted by atomic mass is 16.5. The van der Waals surface area contributed by atoms with Gasteiger partial charge in [-0.15, -0.1) is 0 Å². The van der Waals surface area contributed by atoms with Gasteiger partial charge in [0.2, 0.25) is 5.43 Å². The van der Waals surface area contributed by atoms with Gasteiger partial charge in [0.25, 0.3) is 5.91 Å². The third-order valence-electron chi connectivity index (χ3n) is 8.95. The maximum absolute atomic E-state index is 14.0. The summed E-state index contributed by atoms with van der Waals surface area (Å²) in [5, 5.41) is 13.2. The monoisotopic (exact) mass is 674 g/mol. The Bertz CT molecular complexity index is 2100. The number of carbonyl (C=O) groups excluding carboxylic acids is 1. The van der Waals surface area contributed by atoms with E-state index in [1.54, 1.807) is 56.8 Å². The number of hydrogen-bond acceptors (Lipinski definition) is 8. The largest absolute Gasteiger partial charge is 0.493 e. The minimum absolute atomic E-state index is 0.0232. The molecule has 4 N–H and O–H groups in total. The predicted molar refractivity (Wildman–Crippen MR) is 192 cm³/mol. The lowest BCUT2D eigenvalue weighted by molar-refractivity contribution is 0.0591. The van der Waals surface area contributed by atoms with Gasteiger partial charge in [-0.1, -0.05) is 48.0 Å². The third kappa shape index (κ3) is 7.08. The van der Waals surface area contributed by atoms with Gasteiger partial charge < -0.3 is 34.9 Å². The van der Waals surface area contributed by atoms with Gasteiger partial charge in [-0.2, -0.15) is 0 Å². The van der Waals surface area contributed by atoms with Gasteiger partial charge >= 0.3 is 5.97 Å². The fraction of sp³-hybridized carbons (Fsp3) is 0.231. The van der Waals surface area contributed by atoms with Crippen LogP contribution in [0.2, 0.25) is 0 Å². The van der Waals surface area contributed by atoms with Crippen molar-refractivity contribution in [2.45, 2.75) is 26.3 Å². The van der Waals surface area contributed by atoms with Crippen LogP contribution in [0.3, 0.4) is 0 Å². The van der Waals surface area contributed by atoms with E-state index >= 15 is 0 Å². The highest BCUT2D eigenvalue weighted by Gasteiger charge is 2.27. The summed E-state index contributed by atoms with van der Waals surface area (Å²) in [7, 11) is 3.15. The number of carboxylic acid groups (broad SMARTS) is 1. The maximum atomic E-state index is 14.0. The number of nitrogen functional groups attached to an aromatic ring is 1. The highest BCUT2D eigenvalue weighted by Crippen LogP contribution is 2.35. The Hall–Kier alpha value is -5.94. The number of carboxylic acids is 1. The summed E-state index contributed by atoms with van der Waals surface area (Å²) in [6, 6.07) is 21.6. The summed E-state index contributed by atoms with van der Waals surface area (Å²) >= 11 is 0. The standard InChI is InChI=1S/C39H38N4O7/c1-23-4-6-26(7-5-23)34-35(39(46)47)43(21-24-14-16-50-17-15-24)22-31(36(34)44)38(45)42-29-11-8-25(9-12-29)30-18-28(20-41-37(30)40)27-10-13-32(48-2)33(19-27)49-3/h4-13,18-20,22,24H,14-17,21H2,1-3H3,(H2,40,41)(H,42,45)(H,46,47). The Labute approximate surface area is 289 Å². The molecule has 0 radical (unpaired) electrons. The third-order valence-corrected chi connectivity index (χ3v) is 8.95. The predicted octanol–water partition coefficient (Wildman–Crippen LogP) is 6.53. The summed E-state index contributed by atoms with van der Waals surface area (Å²) in [5.41, 5.74) is 10.3. The van der Waals surface area contributed by atoms with Gasteiger partial charge in [-0.25, -0.2) is 9.78 Å². The van der Waals surface area contributed by atoms with E-state index in [1.165, 1.54) is 10.8 Å². The molecule has 3 aromatic carbocycles. The fourth-order valence-electron chi connectivity index (χ4n) is 6.21. The van der Waals surface area contributed by atoms with Crippen LogP contribution in [0.25, 0.3) is 33.4 Å². The van der Waals surface area contributed by atoms with E-state index in [4.69, 9.17) is 19.9 Å². The van der Waals surface area contributed by atoms with E-state index in [-0.39, 0.29) is 22.7 Å². The molecule has 0 aliphatic carbocycles. The van der Waals surface area contributed by atoms with Gasteiger partial charge in [0.05, 0.1) is 19.8 Å². The second kappa shape index (κ2) is 14.7. The molecule has 0 saturated carbocycles. The van der Waals surface area contributed by atoms with Crippen LogP contribution in [0.4, 0.5) is 11.5 Å². The SMILES string of the molecule is COc1ccc(-c2cnc(N)c(-c3ccc(NC(=O)c4cn(CC5CCOCC5)c(C(=O)O)c(-c5ccc(C)cc5)c4=O)cc3)c2)cc1OC. The molecule has 6 rings (SSSR count). The molecule has 11 nitrogen and oxygen atoms in total. The summed E-state index contributed by atoms with van der Waals surface area (Å²) in [4.78, 5) is 44.8. The van der Waals surface area contributed by atoms with Crippen molar-refractivity contribution >= 4 is 23.4 Å². The van der Waals surface area contributed by atoms with Crippen LogP contribution in [0.15, 0.2) is 90.0 Å². The lowest BCUT2D eigenvalue weighted by Crippen LogP contribution is -2.30. The van der Waals surface area contributed by atoms with Crippen LogP contribution in [0.1, 0.15) is 39.3 Å². The van der Waals surface area contributed by atoms with E-state index < -0.39 is 17.3 Å². The number of ether oxygens (including phenoxy) is 3. The lowest BCUT2D eigenvalue weighted by atomic mass is 9.96. The molecule has 1 saturated heterocycles. The van der Waals surface area contributed by atoms with Gasteiger partial charge in [-0.05, 0) is 72.7 Å². The number of benzene rings is 3. The van der Waals surface area contributed by atoms with Crippen molar-refractivity contribution in [2.24, 2.45) is 5.92 Å². The number of hydrogen-bond donors (Lipinski definition) is 3. The molecule has 2 aromatic heterocycles. The molecule has 0 bridgehead atoms. The number of nitrogens with two attached hydrogens (primary N) is 1. The van der Waals surface area contributed by atoms with Crippen LogP contribution < -0.4 is 26.0 Å². The van der Waals surface area contributed by atoms with Crippen molar-refractivity contribution < 1.29 is 28.9 Å². The molecule has 1 aliphatic heterocycles. The van der Waals surface area contributed by atoms with Crippen molar-refractivity contribution in [3.63, 3.8) is 0 Å². The van der Waals surface area contributed by atoms with Gasteiger partial charge in [0.1, 0.15) is 17.1 Å². The van der Waals surface area contributed by atoms with Crippen LogP contribution in [-0.4, -0.2) is 54.0 Å². The smallest absolute Gasteiger partial charge is 0.353 e. The average molecular weight is 675 g/mol. The topological polar surface area (TPSA) is 155 Å². The summed E-state index contributed by atoms with van der Waals surface area (Å²) in [6.07, 6.45) is 4.55. The fourth-order valence-corrected chi connectivity index (χ4v) is 6.21.